The van der Waals surface area contributed by atoms with Gasteiger partial charge in [0.15, 0.2) is 0 Å². The second kappa shape index (κ2) is 7.77. The molecule has 0 aliphatic carbocycles. The third kappa shape index (κ3) is 3.88. The Morgan fingerprint density at radius 2 is 1.92 bits per heavy atom. The first-order valence-corrected chi connectivity index (χ1v) is 8.49. The van der Waals surface area contributed by atoms with Gasteiger partial charge in [-0.05, 0) is 36.2 Å². The molecule has 2 aromatic rings. The lowest BCUT2D eigenvalue weighted by atomic mass is 10.1. The Morgan fingerprint density at radius 3 is 2.58 bits per heavy atom. The molecule has 1 aliphatic heterocycles. The van der Waals surface area contributed by atoms with Crippen molar-refractivity contribution in [1.29, 1.82) is 0 Å². The molecule has 7 heteroatoms. The number of pyridine rings is 1. The first-order chi connectivity index (χ1) is 12.6. The van der Waals surface area contributed by atoms with Gasteiger partial charge in [-0.2, -0.15) is 0 Å². The van der Waals surface area contributed by atoms with E-state index in [4.69, 9.17) is 0 Å². The minimum Gasteiger partial charge on any atom is -0.312 e. The van der Waals surface area contributed by atoms with Crippen molar-refractivity contribution in [3.05, 3.63) is 59.9 Å². The molecule has 1 aromatic carbocycles. The standard InChI is InChI=1S/C19H20N4O3/c1-2-13-6-8-15(9-7-13)23-12-14(11-17(23)24)18(25)21-22-19(26)16-5-3-4-10-20-16/h3-10,14H,2,11-12H2,1H3,(H,21,25)(H,22,26)/t14-/m0/s1. The van der Waals surface area contributed by atoms with Crippen molar-refractivity contribution in [3.8, 4) is 0 Å². The number of amides is 3. The Hall–Kier alpha value is -3.22. The largest absolute Gasteiger partial charge is 0.312 e. The number of nitrogens with one attached hydrogen (secondary N) is 2. The van der Waals surface area contributed by atoms with Gasteiger partial charge in [-0.25, -0.2) is 0 Å². The Balaban J connectivity index is 1.57. The van der Waals surface area contributed by atoms with E-state index in [0.29, 0.717) is 0 Å². The fourth-order valence-corrected chi connectivity index (χ4v) is 2.83. The van der Waals surface area contributed by atoms with Gasteiger partial charge in [-0.1, -0.05) is 25.1 Å². The average Bonchev–Trinajstić information content (AvgIpc) is 3.08. The van der Waals surface area contributed by atoms with E-state index in [-0.39, 0.29) is 24.6 Å². The van der Waals surface area contributed by atoms with Crippen LogP contribution in [-0.4, -0.2) is 29.3 Å². The van der Waals surface area contributed by atoms with Gasteiger partial charge in [0.2, 0.25) is 11.8 Å². The van der Waals surface area contributed by atoms with E-state index in [1.54, 1.807) is 23.1 Å². The molecule has 0 saturated carbocycles. The van der Waals surface area contributed by atoms with Gasteiger partial charge in [0.05, 0.1) is 5.92 Å². The van der Waals surface area contributed by atoms with Gasteiger partial charge < -0.3 is 4.90 Å². The molecule has 26 heavy (non-hydrogen) atoms. The lowest BCUT2D eigenvalue weighted by molar-refractivity contribution is -0.126. The molecule has 134 valence electrons. The number of aryl methyl sites for hydroxylation is 1. The van der Waals surface area contributed by atoms with Crippen LogP contribution in [0, 0.1) is 5.92 Å². The molecule has 0 spiro atoms. The lowest BCUT2D eigenvalue weighted by Crippen LogP contribution is -2.45. The molecule has 1 aromatic heterocycles. The summed E-state index contributed by atoms with van der Waals surface area (Å²) in [5.41, 5.74) is 6.87. The van der Waals surface area contributed by atoms with Crippen LogP contribution in [0.1, 0.15) is 29.4 Å². The van der Waals surface area contributed by atoms with Crippen molar-refractivity contribution in [2.75, 3.05) is 11.4 Å². The molecule has 1 saturated heterocycles. The van der Waals surface area contributed by atoms with Gasteiger partial charge >= 0.3 is 0 Å². The van der Waals surface area contributed by atoms with Gasteiger partial charge in [0, 0.05) is 24.8 Å². The summed E-state index contributed by atoms with van der Waals surface area (Å²) in [7, 11) is 0. The molecule has 0 unspecified atom stereocenters. The van der Waals surface area contributed by atoms with Gasteiger partial charge in [-0.3, -0.25) is 30.2 Å². The number of aromatic nitrogens is 1. The van der Waals surface area contributed by atoms with Crippen LogP contribution in [0.3, 0.4) is 0 Å². The van der Waals surface area contributed by atoms with E-state index >= 15 is 0 Å². The van der Waals surface area contributed by atoms with Crippen LogP contribution in [0.2, 0.25) is 0 Å². The highest BCUT2D eigenvalue weighted by Gasteiger charge is 2.35. The van der Waals surface area contributed by atoms with E-state index < -0.39 is 17.7 Å². The summed E-state index contributed by atoms with van der Waals surface area (Å²) in [5.74, 6) is -1.52. The minimum absolute atomic E-state index is 0.106. The SMILES string of the molecule is CCc1ccc(N2C[C@@H](C(=O)NNC(=O)c3ccccn3)CC2=O)cc1. The molecule has 2 heterocycles. The molecule has 2 N–H and O–H groups in total. The zero-order valence-corrected chi connectivity index (χ0v) is 14.4. The lowest BCUT2D eigenvalue weighted by Gasteiger charge is -2.17. The number of carbonyl (C=O) groups excluding carboxylic acids is 3. The summed E-state index contributed by atoms with van der Waals surface area (Å²) < 4.78 is 0. The first kappa shape index (κ1) is 17.6. The summed E-state index contributed by atoms with van der Waals surface area (Å²) in [6.45, 7) is 2.35. The normalized spacial score (nSPS) is 16.4. The molecule has 3 amide bonds. The van der Waals surface area contributed by atoms with E-state index in [2.05, 4.69) is 22.8 Å². The van der Waals surface area contributed by atoms with Crippen LogP contribution in [-0.2, 0) is 16.0 Å². The maximum absolute atomic E-state index is 12.3. The molecule has 1 atom stereocenters. The number of benzene rings is 1. The number of rotatable bonds is 4. The minimum atomic E-state index is -0.516. The summed E-state index contributed by atoms with van der Waals surface area (Å²) in [4.78, 5) is 41.9. The Bertz CT molecular complexity index is 805. The predicted molar refractivity (Wildman–Crippen MR) is 96.1 cm³/mol. The van der Waals surface area contributed by atoms with Gasteiger partial charge in [0.25, 0.3) is 5.91 Å². The van der Waals surface area contributed by atoms with Crippen LogP contribution < -0.4 is 15.8 Å². The summed E-state index contributed by atoms with van der Waals surface area (Å²) >= 11 is 0. The number of carbonyl (C=O) groups is 3. The molecular weight excluding hydrogens is 332 g/mol. The van der Waals surface area contributed by atoms with E-state index in [1.165, 1.54) is 11.8 Å². The zero-order chi connectivity index (χ0) is 18.5. The number of hydrazine groups is 1. The highest BCUT2D eigenvalue weighted by atomic mass is 16.2. The van der Waals surface area contributed by atoms with Gasteiger partial charge in [-0.15, -0.1) is 0 Å². The Morgan fingerprint density at radius 1 is 1.15 bits per heavy atom. The monoisotopic (exact) mass is 352 g/mol. The molecule has 7 nitrogen and oxygen atoms in total. The molecule has 3 rings (SSSR count). The molecule has 1 fully saturated rings. The number of nitrogens with zero attached hydrogens (tertiary/aromatic N) is 2. The number of hydrogen-bond acceptors (Lipinski definition) is 4. The number of hydrogen-bond donors (Lipinski definition) is 2. The highest BCUT2D eigenvalue weighted by molar-refractivity contribution is 6.01. The third-order valence-corrected chi connectivity index (χ3v) is 4.35. The van der Waals surface area contributed by atoms with Crippen molar-refractivity contribution < 1.29 is 14.4 Å². The average molecular weight is 352 g/mol. The second-order valence-electron chi connectivity index (χ2n) is 6.08. The van der Waals surface area contributed by atoms with Crippen molar-refractivity contribution >= 4 is 23.4 Å². The van der Waals surface area contributed by atoms with Crippen LogP contribution >= 0.6 is 0 Å². The molecular formula is C19H20N4O3. The van der Waals surface area contributed by atoms with Crippen molar-refractivity contribution in [3.63, 3.8) is 0 Å². The maximum atomic E-state index is 12.3. The topological polar surface area (TPSA) is 91.4 Å². The summed E-state index contributed by atoms with van der Waals surface area (Å²) in [6, 6.07) is 12.6. The fourth-order valence-electron chi connectivity index (χ4n) is 2.83. The smallest absolute Gasteiger partial charge is 0.288 e. The molecule has 1 aliphatic rings. The van der Waals surface area contributed by atoms with Crippen LogP contribution in [0.15, 0.2) is 48.7 Å². The van der Waals surface area contributed by atoms with Crippen molar-refractivity contribution in [2.24, 2.45) is 5.92 Å². The van der Waals surface area contributed by atoms with Crippen molar-refractivity contribution in [2.45, 2.75) is 19.8 Å². The van der Waals surface area contributed by atoms with Gasteiger partial charge in [0.1, 0.15) is 5.69 Å². The third-order valence-electron chi connectivity index (χ3n) is 4.35. The maximum Gasteiger partial charge on any atom is 0.288 e. The summed E-state index contributed by atoms with van der Waals surface area (Å²) in [5, 5.41) is 0. The van der Waals surface area contributed by atoms with E-state index in [9.17, 15) is 14.4 Å². The number of anilines is 1. The highest BCUT2D eigenvalue weighted by Crippen LogP contribution is 2.25. The van der Waals surface area contributed by atoms with E-state index in [0.717, 1.165) is 12.1 Å². The zero-order valence-electron chi connectivity index (χ0n) is 14.4. The summed E-state index contributed by atoms with van der Waals surface area (Å²) in [6.07, 6.45) is 2.53. The fraction of sp³-hybridized carbons (Fsp3) is 0.263. The van der Waals surface area contributed by atoms with E-state index in [1.807, 2.05) is 24.3 Å². The molecule has 0 radical (unpaired) electrons. The Labute approximate surface area is 151 Å². The quantitative estimate of drug-likeness (QED) is 0.815. The van der Waals surface area contributed by atoms with Crippen LogP contribution in [0.4, 0.5) is 5.69 Å². The first-order valence-electron chi connectivity index (χ1n) is 8.49. The Kier molecular flexibility index (Phi) is 5.26. The molecule has 0 bridgehead atoms. The van der Waals surface area contributed by atoms with Crippen LogP contribution in [0.25, 0.3) is 0 Å². The predicted octanol–water partition coefficient (Wildman–Crippen LogP) is 1.46. The van der Waals surface area contributed by atoms with Crippen LogP contribution in [0.5, 0.6) is 0 Å². The van der Waals surface area contributed by atoms with Crippen molar-refractivity contribution in [1.82, 2.24) is 15.8 Å². The second-order valence-corrected chi connectivity index (χ2v) is 6.08.